The molecule has 0 heterocycles. The summed E-state index contributed by atoms with van der Waals surface area (Å²) >= 11 is 2.88. The summed E-state index contributed by atoms with van der Waals surface area (Å²) in [4.78, 5) is 0. The molecule has 0 aliphatic heterocycles. The second kappa shape index (κ2) is 5.29. The normalized spacial score (nSPS) is 13.2. The Morgan fingerprint density at radius 3 is 2.38 bits per heavy atom. The van der Waals surface area contributed by atoms with Gasteiger partial charge in [-0.15, -0.1) is 0 Å². The van der Waals surface area contributed by atoms with Crippen molar-refractivity contribution < 1.29 is 13.5 Å². The molecular weight excluding hydrogens is 258 g/mol. The Balaban J connectivity index is 4.01. The van der Waals surface area contributed by atoms with E-state index in [1.807, 2.05) is 13.8 Å². The average Bonchev–Trinajstić information content (AvgIpc) is 2.02. The quantitative estimate of drug-likeness (QED) is 0.699. The van der Waals surface area contributed by atoms with E-state index < -0.39 is 10.0 Å². The average molecular weight is 274 g/mol. The van der Waals surface area contributed by atoms with Gasteiger partial charge in [0.2, 0.25) is 10.0 Å². The van der Waals surface area contributed by atoms with Crippen LogP contribution in [0.4, 0.5) is 0 Å². The van der Waals surface area contributed by atoms with Crippen LogP contribution in [0.15, 0.2) is 0 Å². The summed E-state index contributed by atoms with van der Waals surface area (Å²) < 4.78 is 24.4. The molecule has 0 fully saturated rings. The van der Waals surface area contributed by atoms with Gasteiger partial charge in [-0.2, -0.15) is 0 Å². The van der Waals surface area contributed by atoms with Crippen LogP contribution in [0.3, 0.4) is 0 Å². The van der Waals surface area contributed by atoms with Crippen molar-refractivity contribution in [2.45, 2.75) is 20.3 Å². The van der Waals surface area contributed by atoms with Gasteiger partial charge in [-0.1, -0.05) is 29.8 Å². The van der Waals surface area contributed by atoms with E-state index in [2.05, 4.69) is 20.7 Å². The number of alkyl halides is 1. The molecular formula is C7H16BrNO3S. The van der Waals surface area contributed by atoms with Crippen LogP contribution in [-0.2, 0) is 10.0 Å². The van der Waals surface area contributed by atoms with Crippen LogP contribution in [-0.4, -0.2) is 31.3 Å². The lowest BCUT2D eigenvalue weighted by atomic mass is 9.90. The maximum Gasteiger partial charge on any atom is 0.221 e. The van der Waals surface area contributed by atoms with Gasteiger partial charge in [0.25, 0.3) is 0 Å². The summed E-state index contributed by atoms with van der Waals surface area (Å²) in [5.41, 5.74) is -0.204. The molecule has 0 radical (unpaired) electrons. The highest BCUT2D eigenvalue weighted by Gasteiger charge is 2.19. The molecule has 0 amide bonds. The van der Waals surface area contributed by atoms with Crippen molar-refractivity contribution in [1.29, 1.82) is 0 Å². The van der Waals surface area contributed by atoms with Crippen LogP contribution in [0.2, 0.25) is 0 Å². The van der Waals surface area contributed by atoms with Crippen LogP contribution < -0.4 is 4.72 Å². The second-order valence-electron chi connectivity index (χ2n) is 3.68. The molecule has 0 aliphatic carbocycles. The number of sulfonamides is 1. The summed E-state index contributed by atoms with van der Waals surface area (Å²) in [6.07, 6.45) is 0.581. The van der Waals surface area contributed by atoms with Gasteiger partial charge in [-0.25, -0.2) is 13.1 Å². The van der Waals surface area contributed by atoms with Crippen molar-refractivity contribution in [3.63, 3.8) is 0 Å². The lowest BCUT2D eigenvalue weighted by molar-refractivity contribution is 0.213. The number of nitrogens with one attached hydrogen (secondary N) is 1. The fourth-order valence-corrected chi connectivity index (χ4v) is 1.91. The Morgan fingerprint density at radius 1 is 1.46 bits per heavy atom. The maximum atomic E-state index is 11.0. The first-order valence-electron chi connectivity index (χ1n) is 3.97. The molecule has 80 valence electrons. The molecule has 2 N–H and O–H groups in total. The number of hydrogen-bond acceptors (Lipinski definition) is 3. The van der Waals surface area contributed by atoms with Gasteiger partial charge in [0.05, 0.1) is 0 Å². The summed E-state index contributed by atoms with van der Waals surface area (Å²) in [6.45, 7) is 4.23. The fourth-order valence-electron chi connectivity index (χ4n) is 0.735. The number of rotatable bonds is 6. The van der Waals surface area contributed by atoms with E-state index in [0.29, 0.717) is 13.0 Å². The van der Waals surface area contributed by atoms with E-state index >= 15 is 0 Å². The van der Waals surface area contributed by atoms with Gasteiger partial charge in [-0.05, 0) is 11.8 Å². The first kappa shape index (κ1) is 13.4. The van der Waals surface area contributed by atoms with Gasteiger partial charge < -0.3 is 5.11 Å². The Labute approximate surface area is 87.9 Å². The topological polar surface area (TPSA) is 66.4 Å². The van der Waals surface area contributed by atoms with Crippen molar-refractivity contribution in [3.8, 4) is 0 Å². The van der Waals surface area contributed by atoms with Gasteiger partial charge in [0.15, 0.2) is 0 Å². The molecule has 6 heteroatoms. The molecule has 0 spiro atoms. The van der Waals surface area contributed by atoms with Crippen molar-refractivity contribution in [2.24, 2.45) is 5.41 Å². The SMILES string of the molecule is CC(C)(CCO)CNS(=O)(=O)CBr. The molecule has 0 unspecified atom stereocenters. The van der Waals surface area contributed by atoms with Gasteiger partial charge in [0, 0.05) is 13.2 Å². The molecule has 0 aromatic carbocycles. The number of hydrogen-bond donors (Lipinski definition) is 2. The van der Waals surface area contributed by atoms with Crippen molar-refractivity contribution >= 4 is 26.0 Å². The molecule has 0 saturated carbocycles. The van der Waals surface area contributed by atoms with Crippen molar-refractivity contribution in [2.75, 3.05) is 17.8 Å². The van der Waals surface area contributed by atoms with Gasteiger partial charge in [0.1, 0.15) is 4.66 Å². The number of aliphatic hydroxyl groups excluding tert-OH is 1. The van der Waals surface area contributed by atoms with E-state index in [-0.39, 0.29) is 16.7 Å². The minimum atomic E-state index is -3.19. The highest BCUT2D eigenvalue weighted by Crippen LogP contribution is 2.18. The Kier molecular flexibility index (Phi) is 5.43. The van der Waals surface area contributed by atoms with E-state index in [1.165, 1.54) is 0 Å². The number of halogens is 1. The Morgan fingerprint density at radius 2 is 2.00 bits per heavy atom. The molecule has 0 saturated heterocycles. The molecule has 0 aliphatic rings. The van der Waals surface area contributed by atoms with E-state index in [9.17, 15) is 8.42 Å². The van der Waals surface area contributed by atoms with E-state index in [4.69, 9.17) is 5.11 Å². The highest BCUT2D eigenvalue weighted by atomic mass is 79.9. The molecule has 0 bridgehead atoms. The Bertz CT molecular complexity index is 238. The third kappa shape index (κ3) is 6.42. The lowest BCUT2D eigenvalue weighted by Gasteiger charge is -2.23. The Hall–Kier alpha value is 0.350. The minimum Gasteiger partial charge on any atom is -0.396 e. The first-order chi connectivity index (χ1) is 5.83. The predicted octanol–water partition coefficient (Wildman–Crippen LogP) is 0.667. The standard InChI is InChI=1S/C7H16BrNO3S/c1-7(2,3-4-10)5-9-13(11,12)6-8/h9-10H,3-6H2,1-2H3. The second-order valence-corrected chi connectivity index (χ2v) is 6.79. The molecule has 13 heavy (non-hydrogen) atoms. The maximum absolute atomic E-state index is 11.0. The third-order valence-corrected chi connectivity index (χ3v) is 4.38. The molecule has 0 atom stereocenters. The molecule has 0 aromatic heterocycles. The zero-order valence-electron chi connectivity index (χ0n) is 7.88. The molecule has 4 nitrogen and oxygen atoms in total. The summed E-state index contributed by atoms with van der Waals surface area (Å²) in [5.74, 6) is 0. The summed E-state index contributed by atoms with van der Waals surface area (Å²) in [6, 6.07) is 0. The van der Waals surface area contributed by atoms with Crippen LogP contribution in [0, 0.1) is 5.41 Å². The third-order valence-electron chi connectivity index (χ3n) is 1.70. The zero-order valence-corrected chi connectivity index (χ0v) is 10.3. The monoisotopic (exact) mass is 273 g/mol. The number of aliphatic hydroxyl groups is 1. The summed E-state index contributed by atoms with van der Waals surface area (Å²) in [7, 11) is -3.19. The highest BCUT2D eigenvalue weighted by molar-refractivity contribution is 9.10. The molecule has 0 aromatic rings. The van der Waals surface area contributed by atoms with Gasteiger partial charge >= 0.3 is 0 Å². The van der Waals surface area contributed by atoms with Gasteiger partial charge in [-0.3, -0.25) is 0 Å². The zero-order chi connectivity index (χ0) is 10.5. The summed E-state index contributed by atoms with van der Waals surface area (Å²) in [5, 5.41) is 8.70. The van der Waals surface area contributed by atoms with Crippen LogP contribution in [0.1, 0.15) is 20.3 Å². The largest absolute Gasteiger partial charge is 0.396 e. The smallest absolute Gasteiger partial charge is 0.221 e. The van der Waals surface area contributed by atoms with E-state index in [0.717, 1.165) is 0 Å². The van der Waals surface area contributed by atoms with Crippen LogP contribution in [0.5, 0.6) is 0 Å². The lowest BCUT2D eigenvalue weighted by Crippen LogP contribution is -2.34. The van der Waals surface area contributed by atoms with Crippen LogP contribution in [0.25, 0.3) is 0 Å². The minimum absolute atomic E-state index is 0.0725. The van der Waals surface area contributed by atoms with Crippen molar-refractivity contribution in [1.82, 2.24) is 4.72 Å². The van der Waals surface area contributed by atoms with E-state index in [1.54, 1.807) is 0 Å². The molecule has 0 rings (SSSR count). The predicted molar refractivity (Wildman–Crippen MR) is 56.2 cm³/mol. The fraction of sp³-hybridized carbons (Fsp3) is 1.00. The van der Waals surface area contributed by atoms with Crippen LogP contribution >= 0.6 is 15.9 Å². The first-order valence-corrected chi connectivity index (χ1v) is 6.74. The van der Waals surface area contributed by atoms with Crippen molar-refractivity contribution in [3.05, 3.63) is 0 Å².